The number of H-pyrrole nitrogens is 2. The van der Waals surface area contributed by atoms with Gasteiger partial charge in [0.25, 0.3) is 0 Å². The average Bonchev–Trinajstić information content (AvgIpc) is 2.85. The second-order valence-electron chi connectivity index (χ2n) is 4.24. The van der Waals surface area contributed by atoms with Crippen molar-refractivity contribution in [1.29, 1.82) is 0 Å². The molecular weight excluding hydrogens is 234 g/mol. The molecule has 2 N–H and O–H groups in total. The smallest absolute Gasteiger partial charge is 0.155 e. The number of aromatic nitrogens is 3. The first kappa shape index (κ1) is 10.4. The van der Waals surface area contributed by atoms with Crippen LogP contribution >= 0.6 is 11.6 Å². The van der Waals surface area contributed by atoms with E-state index in [1.807, 2.05) is 31.3 Å². The van der Waals surface area contributed by atoms with Gasteiger partial charge in [0.05, 0.1) is 16.7 Å². The van der Waals surface area contributed by atoms with Crippen molar-refractivity contribution in [3.05, 3.63) is 40.5 Å². The predicted molar refractivity (Wildman–Crippen MR) is 70.4 cm³/mol. The lowest BCUT2D eigenvalue weighted by molar-refractivity contribution is 1.26. The summed E-state index contributed by atoms with van der Waals surface area (Å²) in [7, 11) is 0. The summed E-state index contributed by atoms with van der Waals surface area (Å²) < 4.78 is 0. The van der Waals surface area contributed by atoms with E-state index in [2.05, 4.69) is 21.9 Å². The minimum Gasteiger partial charge on any atom is -0.358 e. The SMILES string of the molecule is Cc1cc2[nH]c(-c3[nH]ccc3C)nc2cc1Cl. The van der Waals surface area contributed by atoms with Crippen LogP contribution in [-0.4, -0.2) is 15.0 Å². The van der Waals surface area contributed by atoms with Gasteiger partial charge < -0.3 is 9.97 Å². The molecule has 0 aliphatic heterocycles. The molecule has 0 aliphatic carbocycles. The highest BCUT2D eigenvalue weighted by atomic mass is 35.5. The second kappa shape index (κ2) is 3.64. The summed E-state index contributed by atoms with van der Waals surface area (Å²) in [5.74, 6) is 0.851. The van der Waals surface area contributed by atoms with Gasteiger partial charge in [-0.25, -0.2) is 4.98 Å². The molecule has 3 rings (SSSR count). The van der Waals surface area contributed by atoms with Gasteiger partial charge in [-0.2, -0.15) is 0 Å². The van der Waals surface area contributed by atoms with Crippen LogP contribution < -0.4 is 0 Å². The molecule has 0 aliphatic rings. The summed E-state index contributed by atoms with van der Waals surface area (Å²) in [4.78, 5) is 11.0. The number of nitrogens with zero attached hydrogens (tertiary/aromatic N) is 1. The van der Waals surface area contributed by atoms with E-state index in [0.29, 0.717) is 0 Å². The molecule has 2 aromatic heterocycles. The maximum atomic E-state index is 6.09. The summed E-state index contributed by atoms with van der Waals surface area (Å²) in [6.45, 7) is 4.04. The van der Waals surface area contributed by atoms with Crippen LogP contribution in [0.5, 0.6) is 0 Å². The molecule has 0 fully saturated rings. The van der Waals surface area contributed by atoms with E-state index < -0.39 is 0 Å². The number of nitrogens with one attached hydrogen (secondary N) is 2. The highest BCUT2D eigenvalue weighted by Crippen LogP contribution is 2.26. The maximum Gasteiger partial charge on any atom is 0.155 e. The van der Waals surface area contributed by atoms with Gasteiger partial charge >= 0.3 is 0 Å². The quantitative estimate of drug-likeness (QED) is 0.672. The first-order chi connectivity index (χ1) is 8.15. The number of aromatic amines is 2. The molecule has 3 nitrogen and oxygen atoms in total. The van der Waals surface area contributed by atoms with Crippen LogP contribution in [-0.2, 0) is 0 Å². The molecule has 4 heteroatoms. The summed E-state index contributed by atoms with van der Waals surface area (Å²) >= 11 is 6.09. The van der Waals surface area contributed by atoms with Gasteiger partial charge in [-0.05, 0) is 43.2 Å². The van der Waals surface area contributed by atoms with Crippen LogP contribution in [0.1, 0.15) is 11.1 Å². The Bertz CT molecular complexity index is 655. The molecule has 0 bridgehead atoms. The number of hydrogen-bond donors (Lipinski definition) is 2. The maximum absolute atomic E-state index is 6.09. The van der Waals surface area contributed by atoms with Crippen LogP contribution in [0.2, 0.25) is 5.02 Å². The monoisotopic (exact) mass is 245 g/mol. The van der Waals surface area contributed by atoms with Crippen molar-refractivity contribution in [2.45, 2.75) is 13.8 Å². The molecule has 0 atom stereocenters. The molecule has 0 spiro atoms. The summed E-state index contributed by atoms with van der Waals surface area (Å²) in [6, 6.07) is 5.94. The Hall–Kier alpha value is -1.74. The topological polar surface area (TPSA) is 44.5 Å². The van der Waals surface area contributed by atoms with Crippen LogP contribution in [0.25, 0.3) is 22.6 Å². The largest absolute Gasteiger partial charge is 0.358 e. The van der Waals surface area contributed by atoms with E-state index in [0.717, 1.165) is 33.1 Å². The second-order valence-corrected chi connectivity index (χ2v) is 4.65. The molecule has 2 heterocycles. The van der Waals surface area contributed by atoms with Crippen molar-refractivity contribution >= 4 is 22.6 Å². The van der Waals surface area contributed by atoms with Crippen LogP contribution in [0.3, 0.4) is 0 Å². The molecule has 0 saturated carbocycles. The third kappa shape index (κ3) is 1.63. The van der Waals surface area contributed by atoms with Crippen molar-refractivity contribution in [1.82, 2.24) is 15.0 Å². The Morgan fingerprint density at radius 1 is 1.18 bits per heavy atom. The number of fused-ring (bicyclic) bond motifs is 1. The Kier molecular flexibility index (Phi) is 2.23. The van der Waals surface area contributed by atoms with Gasteiger partial charge in [0.2, 0.25) is 0 Å². The summed E-state index contributed by atoms with van der Waals surface area (Å²) in [5.41, 5.74) is 5.15. The third-order valence-electron chi connectivity index (χ3n) is 2.95. The first-order valence-corrected chi connectivity index (χ1v) is 5.83. The van der Waals surface area contributed by atoms with Gasteiger partial charge in [-0.3, -0.25) is 0 Å². The molecule has 0 amide bonds. The molecular formula is C13H12ClN3. The van der Waals surface area contributed by atoms with Crippen molar-refractivity contribution in [3.8, 4) is 11.5 Å². The van der Waals surface area contributed by atoms with E-state index in [9.17, 15) is 0 Å². The third-order valence-corrected chi connectivity index (χ3v) is 3.36. The lowest BCUT2D eigenvalue weighted by atomic mass is 10.2. The fourth-order valence-electron chi connectivity index (χ4n) is 1.96. The van der Waals surface area contributed by atoms with Gasteiger partial charge in [-0.1, -0.05) is 11.6 Å². The zero-order valence-corrected chi connectivity index (χ0v) is 10.4. The molecule has 17 heavy (non-hydrogen) atoms. The zero-order valence-electron chi connectivity index (χ0n) is 9.63. The Morgan fingerprint density at radius 2 is 2.00 bits per heavy atom. The molecule has 0 radical (unpaired) electrons. The van der Waals surface area contributed by atoms with Crippen molar-refractivity contribution in [2.75, 3.05) is 0 Å². The Labute approximate surface area is 104 Å². The Balaban J connectivity index is 2.24. The van der Waals surface area contributed by atoms with Crippen LogP contribution in [0.4, 0.5) is 0 Å². The predicted octanol–water partition coefficient (Wildman–Crippen LogP) is 3.83. The molecule has 0 unspecified atom stereocenters. The normalized spacial score (nSPS) is 11.2. The fourth-order valence-corrected chi connectivity index (χ4v) is 2.12. The van der Waals surface area contributed by atoms with E-state index in [-0.39, 0.29) is 0 Å². The first-order valence-electron chi connectivity index (χ1n) is 5.45. The molecule has 86 valence electrons. The molecule has 0 saturated heterocycles. The minimum absolute atomic E-state index is 0.749. The highest BCUT2D eigenvalue weighted by Gasteiger charge is 2.09. The van der Waals surface area contributed by atoms with Crippen LogP contribution in [0.15, 0.2) is 24.4 Å². The highest BCUT2D eigenvalue weighted by molar-refractivity contribution is 6.32. The summed E-state index contributed by atoms with van der Waals surface area (Å²) in [5, 5.41) is 0.749. The van der Waals surface area contributed by atoms with Crippen molar-refractivity contribution in [3.63, 3.8) is 0 Å². The molecule has 1 aromatic carbocycles. The number of rotatable bonds is 1. The van der Waals surface area contributed by atoms with E-state index in [1.54, 1.807) is 0 Å². The minimum atomic E-state index is 0.749. The number of hydrogen-bond acceptors (Lipinski definition) is 1. The van der Waals surface area contributed by atoms with Gasteiger partial charge in [-0.15, -0.1) is 0 Å². The summed E-state index contributed by atoms with van der Waals surface area (Å²) in [6.07, 6.45) is 1.91. The van der Waals surface area contributed by atoms with E-state index >= 15 is 0 Å². The van der Waals surface area contributed by atoms with Gasteiger partial charge in [0.15, 0.2) is 5.82 Å². The average molecular weight is 246 g/mol. The number of imidazole rings is 1. The number of halogens is 1. The van der Waals surface area contributed by atoms with E-state index in [4.69, 9.17) is 11.6 Å². The van der Waals surface area contributed by atoms with Crippen LogP contribution in [0, 0.1) is 13.8 Å². The Morgan fingerprint density at radius 3 is 2.71 bits per heavy atom. The van der Waals surface area contributed by atoms with Crippen molar-refractivity contribution in [2.24, 2.45) is 0 Å². The van der Waals surface area contributed by atoms with Crippen molar-refractivity contribution < 1.29 is 0 Å². The lowest BCUT2D eigenvalue weighted by Gasteiger charge is -1.95. The standard InChI is InChI=1S/C13H12ClN3/c1-7-3-4-15-12(7)13-16-10-5-8(2)9(14)6-11(10)17-13/h3-6,15H,1-2H3,(H,16,17). The number of aryl methyl sites for hydroxylation is 2. The zero-order chi connectivity index (χ0) is 12.0. The molecule has 3 aromatic rings. The fraction of sp³-hybridized carbons (Fsp3) is 0.154. The lowest BCUT2D eigenvalue weighted by Crippen LogP contribution is -1.82. The van der Waals surface area contributed by atoms with E-state index in [1.165, 1.54) is 5.56 Å². The van der Waals surface area contributed by atoms with Gasteiger partial charge in [0, 0.05) is 11.2 Å². The number of benzene rings is 1. The van der Waals surface area contributed by atoms with Gasteiger partial charge in [0.1, 0.15) is 0 Å².